The summed E-state index contributed by atoms with van der Waals surface area (Å²) in [6.45, 7) is 9.99. The molecule has 0 aliphatic heterocycles. The molecule has 0 atom stereocenters. The molecule has 0 saturated heterocycles. The van der Waals surface area contributed by atoms with Crippen LogP contribution in [0.15, 0.2) is 24.8 Å². The Balaban J connectivity index is 0.000000411. The summed E-state index contributed by atoms with van der Waals surface area (Å²) < 4.78 is 5.27. The fourth-order valence-corrected chi connectivity index (χ4v) is 1.69. The number of ether oxygens (including phenoxy) is 1. The molecule has 0 aromatic heterocycles. The van der Waals surface area contributed by atoms with E-state index in [-0.39, 0.29) is 17.1 Å². The minimum Gasteiger partial charge on any atom is -0.478 e. The van der Waals surface area contributed by atoms with Crippen LogP contribution in [0.2, 0.25) is 0 Å². The van der Waals surface area contributed by atoms with Crippen molar-refractivity contribution in [2.45, 2.75) is 51.6 Å². The normalized spacial score (nSPS) is 16.8. The van der Waals surface area contributed by atoms with Gasteiger partial charge in [0, 0.05) is 11.6 Å². The predicted octanol–water partition coefficient (Wildman–Crippen LogP) is 3.09. The highest BCUT2D eigenvalue weighted by Gasteiger charge is 2.29. The fourth-order valence-electron chi connectivity index (χ4n) is 1.69. The molecule has 1 fully saturated rings. The van der Waals surface area contributed by atoms with Gasteiger partial charge in [-0.05, 0) is 39.5 Å². The second kappa shape index (κ2) is 7.69. The van der Waals surface area contributed by atoms with Crippen molar-refractivity contribution < 1.29 is 19.4 Å². The first-order valence-electron chi connectivity index (χ1n) is 6.05. The summed E-state index contributed by atoms with van der Waals surface area (Å²) in [6, 6.07) is 0. The molecule has 18 heavy (non-hydrogen) atoms. The quantitative estimate of drug-likeness (QED) is 0.621. The molecule has 4 nitrogen and oxygen atoms in total. The highest BCUT2D eigenvalue weighted by molar-refractivity contribution is 5.84. The molecule has 0 bridgehead atoms. The van der Waals surface area contributed by atoms with Gasteiger partial charge in [0.2, 0.25) is 0 Å². The number of carboxylic acids is 1. The molecule has 0 unspecified atom stereocenters. The summed E-state index contributed by atoms with van der Waals surface area (Å²) in [5, 5.41) is 7.89. The summed E-state index contributed by atoms with van der Waals surface area (Å²) in [6.07, 6.45) is 6.82. The number of hydrogen-bond donors (Lipinski definition) is 1. The molecule has 1 aliphatic rings. The standard InChI is InChI=1S/C10H16O2.C4H6O2/c1-3-9(11)12-10(2)7-5-4-6-8-10;1-3(2)4(5)6/h3H,1,4-8H2,2H3;1H2,2H3,(H,5,6). The van der Waals surface area contributed by atoms with Crippen LogP contribution in [-0.4, -0.2) is 22.6 Å². The number of aliphatic carboxylic acids is 1. The summed E-state index contributed by atoms with van der Waals surface area (Å²) in [7, 11) is 0. The van der Waals surface area contributed by atoms with E-state index in [4.69, 9.17) is 9.84 Å². The van der Waals surface area contributed by atoms with E-state index in [0.29, 0.717) is 0 Å². The van der Waals surface area contributed by atoms with Crippen molar-refractivity contribution in [2.24, 2.45) is 0 Å². The van der Waals surface area contributed by atoms with Gasteiger partial charge in [-0.15, -0.1) is 0 Å². The molecule has 1 N–H and O–H groups in total. The number of rotatable bonds is 3. The van der Waals surface area contributed by atoms with E-state index in [1.54, 1.807) is 0 Å². The maximum absolute atomic E-state index is 10.9. The van der Waals surface area contributed by atoms with Gasteiger partial charge >= 0.3 is 11.9 Å². The first-order valence-corrected chi connectivity index (χ1v) is 6.05. The highest BCUT2D eigenvalue weighted by atomic mass is 16.6. The molecule has 0 heterocycles. The van der Waals surface area contributed by atoms with Gasteiger partial charge in [-0.1, -0.05) is 19.6 Å². The van der Waals surface area contributed by atoms with Gasteiger partial charge < -0.3 is 9.84 Å². The zero-order chi connectivity index (χ0) is 14.2. The van der Waals surface area contributed by atoms with Crippen molar-refractivity contribution in [1.82, 2.24) is 0 Å². The Labute approximate surface area is 108 Å². The number of hydrogen-bond acceptors (Lipinski definition) is 3. The van der Waals surface area contributed by atoms with E-state index in [9.17, 15) is 9.59 Å². The Morgan fingerprint density at radius 1 is 1.28 bits per heavy atom. The third-order valence-electron chi connectivity index (χ3n) is 2.79. The lowest BCUT2D eigenvalue weighted by Crippen LogP contribution is -2.33. The van der Waals surface area contributed by atoms with Crippen LogP contribution in [0.1, 0.15) is 46.0 Å². The van der Waals surface area contributed by atoms with Crippen LogP contribution in [0.3, 0.4) is 0 Å². The molecule has 0 aromatic rings. The van der Waals surface area contributed by atoms with Gasteiger partial charge in [-0.25, -0.2) is 9.59 Å². The molecule has 4 heteroatoms. The van der Waals surface area contributed by atoms with Gasteiger partial charge in [0.05, 0.1) is 0 Å². The molecule has 102 valence electrons. The molecule has 0 spiro atoms. The average Bonchev–Trinajstić information content (AvgIpc) is 2.30. The van der Waals surface area contributed by atoms with Gasteiger partial charge in [0.15, 0.2) is 0 Å². The molecule has 0 amide bonds. The van der Waals surface area contributed by atoms with Crippen molar-refractivity contribution in [3.63, 3.8) is 0 Å². The zero-order valence-corrected chi connectivity index (χ0v) is 11.2. The van der Waals surface area contributed by atoms with Crippen molar-refractivity contribution in [1.29, 1.82) is 0 Å². The highest BCUT2D eigenvalue weighted by Crippen LogP contribution is 2.30. The van der Waals surface area contributed by atoms with Crippen molar-refractivity contribution in [3.05, 3.63) is 24.8 Å². The molecule has 1 saturated carbocycles. The maximum Gasteiger partial charge on any atom is 0.330 e. The van der Waals surface area contributed by atoms with Crippen LogP contribution in [0.5, 0.6) is 0 Å². The minimum absolute atomic E-state index is 0.176. The SMILES string of the molecule is C=C(C)C(=O)O.C=CC(=O)OC1(C)CCCCC1. The van der Waals surface area contributed by atoms with Crippen LogP contribution in [0, 0.1) is 0 Å². The Kier molecular flexibility index (Phi) is 7.01. The van der Waals surface area contributed by atoms with Crippen molar-refractivity contribution >= 4 is 11.9 Å². The third kappa shape index (κ3) is 6.89. The first-order chi connectivity index (χ1) is 8.30. The largest absolute Gasteiger partial charge is 0.478 e. The summed E-state index contributed by atoms with van der Waals surface area (Å²) in [5.41, 5.74) is -0.0428. The monoisotopic (exact) mass is 254 g/mol. The van der Waals surface area contributed by atoms with Crippen molar-refractivity contribution in [3.8, 4) is 0 Å². The van der Waals surface area contributed by atoms with E-state index in [0.717, 1.165) is 12.8 Å². The second-order valence-corrected chi connectivity index (χ2v) is 4.72. The number of carboxylic acid groups (broad SMARTS) is 1. The third-order valence-corrected chi connectivity index (χ3v) is 2.79. The van der Waals surface area contributed by atoms with Crippen LogP contribution in [0.25, 0.3) is 0 Å². The molecule has 1 rings (SSSR count). The predicted molar refractivity (Wildman–Crippen MR) is 70.2 cm³/mol. The second-order valence-electron chi connectivity index (χ2n) is 4.72. The van der Waals surface area contributed by atoms with Crippen LogP contribution in [-0.2, 0) is 14.3 Å². The minimum atomic E-state index is -0.935. The molecule has 0 aromatic carbocycles. The molecule has 0 radical (unpaired) electrons. The Hall–Kier alpha value is -1.58. The molecular formula is C14H22O4. The van der Waals surface area contributed by atoms with Crippen LogP contribution < -0.4 is 0 Å². The lowest BCUT2D eigenvalue weighted by Gasteiger charge is -2.32. The zero-order valence-electron chi connectivity index (χ0n) is 11.2. The van der Waals surface area contributed by atoms with Crippen molar-refractivity contribution in [2.75, 3.05) is 0 Å². The summed E-state index contributed by atoms with van der Waals surface area (Å²) in [4.78, 5) is 20.5. The van der Waals surface area contributed by atoms with E-state index in [1.807, 2.05) is 6.92 Å². The van der Waals surface area contributed by atoms with E-state index < -0.39 is 5.97 Å². The lowest BCUT2D eigenvalue weighted by molar-refractivity contribution is -0.154. The number of carbonyl (C=O) groups is 2. The number of carbonyl (C=O) groups excluding carboxylic acids is 1. The summed E-state index contributed by atoms with van der Waals surface area (Å²) >= 11 is 0. The fraction of sp³-hybridized carbons (Fsp3) is 0.571. The Bertz CT molecular complexity index is 313. The molecular weight excluding hydrogens is 232 g/mol. The summed E-state index contributed by atoms with van der Waals surface area (Å²) in [5.74, 6) is -1.23. The van der Waals surface area contributed by atoms with Crippen LogP contribution in [0.4, 0.5) is 0 Å². The van der Waals surface area contributed by atoms with E-state index in [1.165, 1.54) is 32.3 Å². The average molecular weight is 254 g/mol. The van der Waals surface area contributed by atoms with E-state index in [2.05, 4.69) is 13.2 Å². The van der Waals surface area contributed by atoms with Gasteiger partial charge in [0.1, 0.15) is 5.60 Å². The van der Waals surface area contributed by atoms with Crippen LogP contribution >= 0.6 is 0 Å². The lowest BCUT2D eigenvalue weighted by atomic mass is 9.86. The van der Waals surface area contributed by atoms with Gasteiger partial charge in [-0.3, -0.25) is 0 Å². The number of esters is 1. The Morgan fingerprint density at radius 2 is 1.72 bits per heavy atom. The Morgan fingerprint density at radius 3 is 2.06 bits per heavy atom. The topological polar surface area (TPSA) is 63.6 Å². The first kappa shape index (κ1) is 16.4. The van der Waals surface area contributed by atoms with Gasteiger partial charge in [-0.2, -0.15) is 0 Å². The maximum atomic E-state index is 10.9. The van der Waals surface area contributed by atoms with E-state index >= 15 is 0 Å². The molecule has 1 aliphatic carbocycles. The van der Waals surface area contributed by atoms with Gasteiger partial charge in [0.25, 0.3) is 0 Å². The smallest absolute Gasteiger partial charge is 0.330 e.